The molecule has 2 rings (SSSR count). The average molecular weight is 459 g/mol. The Bertz CT molecular complexity index is 640. The Morgan fingerprint density at radius 2 is 2.09 bits per heavy atom. The van der Waals surface area contributed by atoms with Gasteiger partial charge in [-0.15, -0.1) is 0 Å². The molecule has 0 heterocycles. The van der Waals surface area contributed by atoms with Crippen LogP contribution in [0.25, 0.3) is 0 Å². The Hall–Kier alpha value is -0.760. The second kappa shape index (κ2) is 6.63. The van der Waals surface area contributed by atoms with E-state index >= 15 is 0 Å². The van der Waals surface area contributed by atoms with Gasteiger partial charge < -0.3 is 4.74 Å². The van der Waals surface area contributed by atoms with Gasteiger partial charge in [0.1, 0.15) is 11.6 Å². The standard InChI is InChI=1S/C16H15ClF3IO2/c1-15(2)11(7-12(17)16(18,19)20)13(15)14(22)23-8-9-4-3-5-10(21)6-9/h3-7,11,13H,8H2,1-2H3/b12-7-/t11-,13-/m1/s1. The third-order valence-electron chi connectivity index (χ3n) is 4.03. The van der Waals surface area contributed by atoms with E-state index < -0.39 is 34.4 Å². The van der Waals surface area contributed by atoms with Gasteiger partial charge in [-0.05, 0) is 51.6 Å². The van der Waals surface area contributed by atoms with E-state index in [1.54, 1.807) is 13.8 Å². The van der Waals surface area contributed by atoms with Crippen molar-refractivity contribution in [1.82, 2.24) is 0 Å². The maximum atomic E-state index is 12.5. The van der Waals surface area contributed by atoms with Crippen molar-refractivity contribution >= 4 is 40.2 Å². The van der Waals surface area contributed by atoms with Gasteiger partial charge in [0.05, 0.1) is 5.92 Å². The van der Waals surface area contributed by atoms with Gasteiger partial charge in [-0.2, -0.15) is 13.2 Å². The van der Waals surface area contributed by atoms with E-state index in [0.29, 0.717) is 0 Å². The minimum atomic E-state index is -4.59. The van der Waals surface area contributed by atoms with Crippen LogP contribution in [0.4, 0.5) is 13.2 Å². The number of rotatable bonds is 4. The van der Waals surface area contributed by atoms with Crippen molar-refractivity contribution in [3.8, 4) is 0 Å². The molecule has 0 aromatic heterocycles. The molecule has 2 nitrogen and oxygen atoms in total. The maximum Gasteiger partial charge on any atom is 0.426 e. The van der Waals surface area contributed by atoms with Crippen LogP contribution in [0, 0.1) is 20.8 Å². The molecule has 2 atom stereocenters. The molecule has 23 heavy (non-hydrogen) atoms. The third-order valence-corrected chi connectivity index (χ3v) is 5.04. The number of carbonyl (C=O) groups is 1. The fraction of sp³-hybridized carbons (Fsp3) is 0.438. The summed E-state index contributed by atoms with van der Waals surface area (Å²) in [6.07, 6.45) is -3.67. The highest BCUT2D eigenvalue weighted by molar-refractivity contribution is 14.1. The lowest BCUT2D eigenvalue weighted by molar-refractivity contribution is -0.147. The summed E-state index contributed by atoms with van der Waals surface area (Å²) >= 11 is 7.41. The molecule has 0 bridgehead atoms. The van der Waals surface area contributed by atoms with Gasteiger partial charge in [-0.1, -0.05) is 43.7 Å². The number of alkyl halides is 3. The lowest BCUT2D eigenvalue weighted by Gasteiger charge is -2.06. The molecule has 0 amide bonds. The molecule has 0 spiro atoms. The van der Waals surface area contributed by atoms with Crippen molar-refractivity contribution < 1.29 is 22.7 Å². The number of halogens is 5. The lowest BCUT2D eigenvalue weighted by Crippen LogP contribution is -2.11. The van der Waals surface area contributed by atoms with Gasteiger partial charge in [0.25, 0.3) is 0 Å². The van der Waals surface area contributed by atoms with Crippen molar-refractivity contribution in [3.05, 3.63) is 44.5 Å². The van der Waals surface area contributed by atoms with E-state index in [4.69, 9.17) is 16.3 Å². The average Bonchev–Trinajstić information content (AvgIpc) is 2.96. The normalized spacial score (nSPS) is 23.5. The van der Waals surface area contributed by atoms with Crippen LogP contribution in [-0.4, -0.2) is 12.1 Å². The molecule has 0 saturated heterocycles. The fourth-order valence-electron chi connectivity index (χ4n) is 2.56. The maximum absolute atomic E-state index is 12.5. The molecular weight excluding hydrogens is 444 g/mol. The number of ether oxygens (including phenoxy) is 1. The summed E-state index contributed by atoms with van der Waals surface area (Å²) in [5, 5.41) is -1.19. The second-order valence-electron chi connectivity index (χ2n) is 6.07. The fourth-order valence-corrected chi connectivity index (χ4v) is 3.31. The first-order valence-electron chi connectivity index (χ1n) is 6.89. The first kappa shape index (κ1) is 18.6. The number of hydrogen-bond acceptors (Lipinski definition) is 2. The van der Waals surface area contributed by atoms with Gasteiger partial charge in [0.15, 0.2) is 0 Å². The number of hydrogen-bond donors (Lipinski definition) is 0. The summed E-state index contributed by atoms with van der Waals surface area (Å²) in [6.45, 7) is 3.56. The van der Waals surface area contributed by atoms with Crippen molar-refractivity contribution in [2.45, 2.75) is 26.6 Å². The van der Waals surface area contributed by atoms with Crippen LogP contribution in [0.2, 0.25) is 0 Å². The van der Waals surface area contributed by atoms with E-state index in [1.807, 2.05) is 24.3 Å². The molecule has 126 valence electrons. The Kier molecular flexibility index (Phi) is 5.35. The van der Waals surface area contributed by atoms with E-state index in [9.17, 15) is 18.0 Å². The van der Waals surface area contributed by atoms with Crippen LogP contribution < -0.4 is 0 Å². The van der Waals surface area contributed by atoms with E-state index in [2.05, 4.69) is 22.6 Å². The molecule has 7 heteroatoms. The monoisotopic (exact) mass is 458 g/mol. The highest BCUT2D eigenvalue weighted by atomic mass is 127. The van der Waals surface area contributed by atoms with E-state index in [-0.39, 0.29) is 6.61 Å². The molecule has 0 aliphatic heterocycles. The zero-order valence-electron chi connectivity index (χ0n) is 12.5. The SMILES string of the molecule is CC1(C)[C@H](/C=C(\Cl)C(F)(F)F)[C@@H]1C(=O)OCc1cccc(I)c1. The first-order chi connectivity index (χ1) is 10.5. The smallest absolute Gasteiger partial charge is 0.426 e. The summed E-state index contributed by atoms with van der Waals surface area (Å²) in [5.41, 5.74) is 0.247. The molecule has 1 fully saturated rings. The zero-order valence-corrected chi connectivity index (χ0v) is 15.4. The Balaban J connectivity index is 2.00. The van der Waals surface area contributed by atoms with Crippen LogP contribution in [0.5, 0.6) is 0 Å². The number of carbonyl (C=O) groups excluding carboxylic acids is 1. The molecule has 1 aliphatic carbocycles. The van der Waals surface area contributed by atoms with Crippen LogP contribution in [0.1, 0.15) is 19.4 Å². The molecule has 1 aliphatic rings. The largest absolute Gasteiger partial charge is 0.461 e. The first-order valence-corrected chi connectivity index (χ1v) is 8.34. The topological polar surface area (TPSA) is 26.3 Å². The number of benzene rings is 1. The third kappa shape index (κ3) is 4.41. The molecular formula is C16H15ClF3IO2. The molecule has 1 aromatic rings. The minimum absolute atomic E-state index is 0.103. The summed E-state index contributed by atoms with van der Waals surface area (Å²) in [4.78, 5) is 12.1. The second-order valence-corrected chi connectivity index (χ2v) is 7.73. The van der Waals surface area contributed by atoms with Gasteiger partial charge in [-0.25, -0.2) is 0 Å². The van der Waals surface area contributed by atoms with Gasteiger partial charge >= 0.3 is 12.1 Å². The summed E-state index contributed by atoms with van der Waals surface area (Å²) < 4.78 is 43.8. The minimum Gasteiger partial charge on any atom is -0.461 e. The van der Waals surface area contributed by atoms with Crippen LogP contribution in [-0.2, 0) is 16.1 Å². The number of allylic oxidation sites excluding steroid dienone is 2. The van der Waals surface area contributed by atoms with Gasteiger partial charge in [0, 0.05) is 3.57 Å². The van der Waals surface area contributed by atoms with Gasteiger partial charge in [-0.3, -0.25) is 4.79 Å². The van der Waals surface area contributed by atoms with Crippen molar-refractivity contribution in [2.24, 2.45) is 17.3 Å². The predicted octanol–water partition coefficient (Wildman–Crippen LogP) is 5.29. The predicted molar refractivity (Wildman–Crippen MR) is 89.7 cm³/mol. The van der Waals surface area contributed by atoms with Gasteiger partial charge in [0.2, 0.25) is 0 Å². The lowest BCUT2D eigenvalue weighted by atomic mass is 10.1. The van der Waals surface area contributed by atoms with E-state index in [0.717, 1.165) is 15.2 Å². The summed E-state index contributed by atoms with van der Waals surface area (Å²) in [7, 11) is 0. The number of esters is 1. The summed E-state index contributed by atoms with van der Waals surface area (Å²) in [6, 6.07) is 7.46. The Morgan fingerprint density at radius 1 is 1.43 bits per heavy atom. The van der Waals surface area contributed by atoms with Crippen molar-refractivity contribution in [1.29, 1.82) is 0 Å². The quantitative estimate of drug-likeness (QED) is 0.453. The van der Waals surface area contributed by atoms with Crippen LogP contribution >= 0.6 is 34.2 Å². The highest BCUT2D eigenvalue weighted by Gasteiger charge is 2.62. The summed E-state index contributed by atoms with van der Waals surface area (Å²) in [5.74, 6) is -1.68. The van der Waals surface area contributed by atoms with E-state index in [1.165, 1.54) is 0 Å². The molecule has 0 N–H and O–H groups in total. The Morgan fingerprint density at radius 3 is 2.65 bits per heavy atom. The molecule has 0 radical (unpaired) electrons. The molecule has 1 aromatic carbocycles. The van der Waals surface area contributed by atoms with Crippen LogP contribution in [0.3, 0.4) is 0 Å². The zero-order chi connectivity index (χ0) is 17.4. The highest BCUT2D eigenvalue weighted by Crippen LogP contribution is 2.60. The van der Waals surface area contributed by atoms with Crippen molar-refractivity contribution in [2.75, 3.05) is 0 Å². The molecule has 0 unspecified atom stereocenters. The van der Waals surface area contributed by atoms with Crippen molar-refractivity contribution in [3.63, 3.8) is 0 Å². The van der Waals surface area contributed by atoms with Crippen LogP contribution in [0.15, 0.2) is 35.4 Å². The Labute approximate surface area is 151 Å². The molecule has 1 saturated carbocycles.